The van der Waals surface area contributed by atoms with Crippen molar-refractivity contribution in [3.05, 3.63) is 35.4 Å². The molecule has 0 radical (unpaired) electrons. The van der Waals surface area contributed by atoms with Crippen molar-refractivity contribution in [3.8, 4) is 11.8 Å². The highest BCUT2D eigenvalue weighted by Crippen LogP contribution is 2.16. The Morgan fingerprint density at radius 3 is 3.05 bits per heavy atom. The molecule has 0 aromatic heterocycles. The summed E-state index contributed by atoms with van der Waals surface area (Å²) in [5.41, 5.74) is 7.33. The molecule has 1 aliphatic rings. The van der Waals surface area contributed by atoms with E-state index < -0.39 is 0 Å². The van der Waals surface area contributed by atoms with E-state index in [1.54, 1.807) is 0 Å². The van der Waals surface area contributed by atoms with E-state index in [0.29, 0.717) is 19.5 Å². The maximum absolute atomic E-state index is 11.9. The van der Waals surface area contributed by atoms with Crippen LogP contribution in [0.1, 0.15) is 36.8 Å². The van der Waals surface area contributed by atoms with Gasteiger partial charge in [-0.1, -0.05) is 30.0 Å². The smallest absolute Gasteiger partial charge is 0.220 e. The van der Waals surface area contributed by atoms with Gasteiger partial charge < -0.3 is 15.8 Å². The normalized spacial score (nSPS) is 17.1. The molecule has 1 aromatic carbocycles. The van der Waals surface area contributed by atoms with Crippen molar-refractivity contribution in [1.29, 1.82) is 0 Å². The average Bonchev–Trinajstić information content (AvgIpc) is 3.03. The van der Waals surface area contributed by atoms with Crippen LogP contribution in [0.3, 0.4) is 0 Å². The van der Waals surface area contributed by atoms with Crippen molar-refractivity contribution in [3.63, 3.8) is 0 Å². The Morgan fingerprint density at radius 2 is 2.29 bits per heavy atom. The SMILES string of the molecule is NCC#Cc1ccccc1CNC(=O)CCC1CCCO1. The maximum Gasteiger partial charge on any atom is 0.220 e. The van der Waals surface area contributed by atoms with Gasteiger partial charge in [0.05, 0.1) is 12.6 Å². The molecule has 1 atom stereocenters. The van der Waals surface area contributed by atoms with Gasteiger partial charge in [-0.2, -0.15) is 0 Å². The van der Waals surface area contributed by atoms with E-state index in [1.807, 2.05) is 24.3 Å². The van der Waals surface area contributed by atoms with Crippen molar-refractivity contribution in [2.75, 3.05) is 13.2 Å². The molecular weight excluding hydrogens is 264 g/mol. The summed E-state index contributed by atoms with van der Waals surface area (Å²) in [7, 11) is 0. The number of carbonyl (C=O) groups excluding carboxylic acids is 1. The van der Waals surface area contributed by atoms with Gasteiger partial charge in [0, 0.05) is 25.1 Å². The van der Waals surface area contributed by atoms with Crippen LogP contribution in [0.4, 0.5) is 0 Å². The first-order valence-electron chi connectivity index (χ1n) is 7.44. The van der Waals surface area contributed by atoms with Gasteiger partial charge in [0.15, 0.2) is 0 Å². The van der Waals surface area contributed by atoms with E-state index >= 15 is 0 Å². The van der Waals surface area contributed by atoms with Gasteiger partial charge in [-0.15, -0.1) is 0 Å². The molecule has 1 unspecified atom stereocenters. The van der Waals surface area contributed by atoms with E-state index in [2.05, 4.69) is 17.2 Å². The molecule has 1 aromatic rings. The summed E-state index contributed by atoms with van der Waals surface area (Å²) in [6.45, 7) is 1.67. The number of hydrogen-bond donors (Lipinski definition) is 2. The average molecular weight is 286 g/mol. The lowest BCUT2D eigenvalue weighted by atomic mass is 10.1. The number of ether oxygens (including phenoxy) is 1. The highest BCUT2D eigenvalue weighted by Gasteiger charge is 2.16. The van der Waals surface area contributed by atoms with Crippen molar-refractivity contribution >= 4 is 5.91 Å². The number of benzene rings is 1. The van der Waals surface area contributed by atoms with E-state index in [4.69, 9.17) is 10.5 Å². The van der Waals surface area contributed by atoms with E-state index in [0.717, 1.165) is 37.0 Å². The van der Waals surface area contributed by atoms with E-state index in [1.165, 1.54) is 0 Å². The highest BCUT2D eigenvalue weighted by molar-refractivity contribution is 5.76. The first-order valence-corrected chi connectivity index (χ1v) is 7.44. The van der Waals surface area contributed by atoms with Crippen LogP contribution in [0, 0.1) is 11.8 Å². The van der Waals surface area contributed by atoms with Crippen LogP contribution in [0.2, 0.25) is 0 Å². The zero-order valence-corrected chi connectivity index (χ0v) is 12.2. The molecule has 1 saturated heterocycles. The molecule has 0 bridgehead atoms. The van der Waals surface area contributed by atoms with Gasteiger partial charge in [-0.3, -0.25) is 4.79 Å². The summed E-state index contributed by atoms with van der Waals surface area (Å²) >= 11 is 0. The van der Waals surface area contributed by atoms with Crippen LogP contribution in [-0.2, 0) is 16.1 Å². The van der Waals surface area contributed by atoms with Gasteiger partial charge >= 0.3 is 0 Å². The topological polar surface area (TPSA) is 64.3 Å². The zero-order valence-electron chi connectivity index (χ0n) is 12.2. The Labute approximate surface area is 126 Å². The van der Waals surface area contributed by atoms with Crippen LogP contribution < -0.4 is 11.1 Å². The van der Waals surface area contributed by atoms with Crippen LogP contribution in [-0.4, -0.2) is 25.2 Å². The molecule has 3 N–H and O–H groups in total. The summed E-state index contributed by atoms with van der Waals surface area (Å²) in [6, 6.07) is 7.79. The van der Waals surface area contributed by atoms with Gasteiger partial charge in [-0.05, 0) is 30.9 Å². The summed E-state index contributed by atoms with van der Waals surface area (Å²) in [5.74, 6) is 5.93. The molecule has 0 aliphatic carbocycles. The third-order valence-corrected chi connectivity index (χ3v) is 3.54. The molecule has 112 valence electrons. The van der Waals surface area contributed by atoms with Gasteiger partial charge in [0.25, 0.3) is 0 Å². The van der Waals surface area contributed by atoms with Gasteiger partial charge in [0.2, 0.25) is 5.91 Å². The standard InChI is InChI=1S/C17H22N2O2/c18-11-3-7-14-5-1-2-6-15(14)13-19-17(20)10-9-16-8-4-12-21-16/h1-2,5-6,16H,4,8-13,18H2,(H,19,20). The number of nitrogens with two attached hydrogens (primary N) is 1. The lowest BCUT2D eigenvalue weighted by molar-refractivity contribution is -0.121. The maximum atomic E-state index is 11.9. The first-order chi connectivity index (χ1) is 10.3. The monoisotopic (exact) mass is 286 g/mol. The molecule has 21 heavy (non-hydrogen) atoms. The lowest BCUT2D eigenvalue weighted by Gasteiger charge is -2.10. The molecule has 4 nitrogen and oxygen atoms in total. The Morgan fingerprint density at radius 1 is 1.43 bits per heavy atom. The summed E-state index contributed by atoms with van der Waals surface area (Å²) < 4.78 is 5.52. The molecule has 2 rings (SSSR count). The lowest BCUT2D eigenvalue weighted by Crippen LogP contribution is -2.24. The molecule has 1 amide bonds. The zero-order chi connectivity index (χ0) is 14.9. The first kappa shape index (κ1) is 15.6. The Hall–Kier alpha value is -1.83. The minimum absolute atomic E-state index is 0.0621. The number of rotatable bonds is 5. The van der Waals surface area contributed by atoms with Crippen LogP contribution >= 0.6 is 0 Å². The fourth-order valence-corrected chi connectivity index (χ4v) is 2.39. The largest absolute Gasteiger partial charge is 0.378 e. The fourth-order valence-electron chi connectivity index (χ4n) is 2.39. The third-order valence-electron chi connectivity index (χ3n) is 3.54. The highest BCUT2D eigenvalue weighted by atomic mass is 16.5. The van der Waals surface area contributed by atoms with Crippen molar-refractivity contribution in [2.45, 2.75) is 38.3 Å². The molecule has 0 spiro atoms. The quantitative estimate of drug-likeness (QED) is 0.808. The second-order valence-electron chi connectivity index (χ2n) is 5.11. The number of carbonyl (C=O) groups is 1. The van der Waals surface area contributed by atoms with E-state index in [-0.39, 0.29) is 12.0 Å². The summed E-state index contributed by atoms with van der Waals surface area (Å²) in [5, 5.41) is 2.95. The van der Waals surface area contributed by atoms with Gasteiger partial charge in [0.1, 0.15) is 0 Å². The van der Waals surface area contributed by atoms with Crippen molar-refractivity contribution in [1.82, 2.24) is 5.32 Å². The molecule has 0 saturated carbocycles. The number of nitrogens with one attached hydrogen (secondary N) is 1. The minimum atomic E-state index is 0.0621. The fraction of sp³-hybridized carbons (Fsp3) is 0.471. The van der Waals surface area contributed by atoms with Crippen LogP contribution in [0.15, 0.2) is 24.3 Å². The Bertz CT molecular complexity index is 525. The Balaban J connectivity index is 1.80. The predicted octanol–water partition coefficient (Wildman–Crippen LogP) is 1.57. The molecule has 1 heterocycles. The van der Waals surface area contributed by atoms with Gasteiger partial charge in [-0.25, -0.2) is 0 Å². The molecule has 4 heteroatoms. The summed E-state index contributed by atoms with van der Waals surface area (Å²) in [6.07, 6.45) is 3.77. The second-order valence-corrected chi connectivity index (χ2v) is 5.11. The summed E-state index contributed by atoms with van der Waals surface area (Å²) in [4.78, 5) is 11.9. The minimum Gasteiger partial charge on any atom is -0.378 e. The molecule has 1 aliphatic heterocycles. The third kappa shape index (κ3) is 5.22. The number of hydrogen-bond acceptors (Lipinski definition) is 3. The van der Waals surface area contributed by atoms with Crippen molar-refractivity contribution < 1.29 is 9.53 Å². The predicted molar refractivity (Wildman–Crippen MR) is 82.4 cm³/mol. The van der Waals surface area contributed by atoms with Crippen LogP contribution in [0.5, 0.6) is 0 Å². The van der Waals surface area contributed by atoms with Crippen molar-refractivity contribution in [2.24, 2.45) is 5.73 Å². The number of amides is 1. The van der Waals surface area contributed by atoms with E-state index in [9.17, 15) is 4.79 Å². The molecular formula is C17H22N2O2. The Kier molecular flexibility index (Phi) is 6.26. The second kappa shape index (κ2) is 8.46. The van der Waals surface area contributed by atoms with Crippen LogP contribution in [0.25, 0.3) is 0 Å². The molecule has 1 fully saturated rings.